The van der Waals surface area contributed by atoms with Gasteiger partial charge < -0.3 is 5.73 Å². The lowest BCUT2D eigenvalue weighted by atomic mass is 10.1. The molecule has 2 aromatic rings. The van der Waals surface area contributed by atoms with E-state index in [1.807, 2.05) is 0 Å². The Morgan fingerprint density at radius 1 is 1.18 bits per heavy atom. The fourth-order valence-electron chi connectivity index (χ4n) is 1.61. The number of pyridine rings is 2. The molecular formula is C11H10F3N3. The minimum absolute atomic E-state index is 0.290. The van der Waals surface area contributed by atoms with Gasteiger partial charge in [0, 0.05) is 18.0 Å². The smallest absolute Gasteiger partial charge is 0.330 e. The van der Waals surface area contributed by atoms with Gasteiger partial charge in [-0.1, -0.05) is 0 Å². The summed E-state index contributed by atoms with van der Waals surface area (Å²) in [6, 6.07) is 3.82. The molecule has 0 aliphatic carbocycles. The number of nitrogens with zero attached hydrogens (tertiary/aromatic N) is 2. The van der Waals surface area contributed by atoms with E-state index in [-0.39, 0.29) is 0 Å². The van der Waals surface area contributed by atoms with Crippen molar-refractivity contribution in [2.45, 2.75) is 12.6 Å². The van der Waals surface area contributed by atoms with Gasteiger partial charge in [0.2, 0.25) is 0 Å². The van der Waals surface area contributed by atoms with E-state index in [4.69, 9.17) is 5.73 Å². The second-order valence-corrected chi connectivity index (χ2v) is 3.56. The lowest BCUT2D eigenvalue weighted by Gasteiger charge is -2.08. The number of rotatable bonds is 2. The zero-order valence-corrected chi connectivity index (χ0v) is 8.83. The minimum Gasteiger partial charge on any atom is -0.330 e. The first-order valence-electron chi connectivity index (χ1n) is 5.04. The molecule has 0 bridgehead atoms. The first-order valence-corrected chi connectivity index (χ1v) is 5.04. The summed E-state index contributed by atoms with van der Waals surface area (Å²) in [6.07, 6.45) is -2.46. The van der Waals surface area contributed by atoms with Gasteiger partial charge in [0.25, 0.3) is 0 Å². The number of aromatic nitrogens is 2. The van der Waals surface area contributed by atoms with Gasteiger partial charge in [-0.2, -0.15) is 13.2 Å². The van der Waals surface area contributed by atoms with Crippen LogP contribution in [-0.4, -0.2) is 16.5 Å². The van der Waals surface area contributed by atoms with Crippen molar-refractivity contribution in [2.24, 2.45) is 5.73 Å². The Kier molecular flexibility index (Phi) is 2.97. The van der Waals surface area contributed by atoms with Crippen molar-refractivity contribution in [3.05, 3.63) is 35.8 Å². The first kappa shape index (κ1) is 11.8. The summed E-state index contributed by atoms with van der Waals surface area (Å²) >= 11 is 0. The van der Waals surface area contributed by atoms with Crippen LogP contribution in [-0.2, 0) is 12.6 Å². The summed E-state index contributed by atoms with van der Waals surface area (Å²) < 4.78 is 37.4. The minimum atomic E-state index is -4.43. The van der Waals surface area contributed by atoms with E-state index < -0.39 is 11.9 Å². The summed E-state index contributed by atoms with van der Waals surface area (Å²) in [7, 11) is 0. The third-order valence-electron chi connectivity index (χ3n) is 2.37. The zero-order valence-electron chi connectivity index (χ0n) is 8.83. The SMILES string of the molecule is NCCc1nccc2nc(C(F)(F)F)ccc12. The van der Waals surface area contributed by atoms with Crippen LogP contribution in [0.3, 0.4) is 0 Å². The van der Waals surface area contributed by atoms with Gasteiger partial charge in [-0.3, -0.25) is 4.98 Å². The summed E-state index contributed by atoms with van der Waals surface area (Å²) in [5.74, 6) is 0. The molecule has 0 aliphatic heterocycles. The van der Waals surface area contributed by atoms with Gasteiger partial charge in [-0.05, 0) is 24.7 Å². The molecular weight excluding hydrogens is 231 g/mol. The lowest BCUT2D eigenvalue weighted by Crippen LogP contribution is -2.09. The molecule has 0 atom stereocenters. The number of hydrogen-bond acceptors (Lipinski definition) is 3. The van der Waals surface area contributed by atoms with Gasteiger partial charge in [0.15, 0.2) is 0 Å². The molecule has 0 aliphatic rings. The molecule has 2 rings (SSSR count). The number of alkyl halides is 3. The Morgan fingerprint density at radius 2 is 1.94 bits per heavy atom. The number of hydrogen-bond donors (Lipinski definition) is 1. The lowest BCUT2D eigenvalue weighted by molar-refractivity contribution is -0.140. The molecule has 17 heavy (non-hydrogen) atoms. The second kappa shape index (κ2) is 4.29. The Hall–Kier alpha value is -1.69. The largest absolute Gasteiger partial charge is 0.433 e. The van der Waals surface area contributed by atoms with Crippen LogP contribution in [0.1, 0.15) is 11.4 Å². The van der Waals surface area contributed by atoms with Crippen molar-refractivity contribution in [2.75, 3.05) is 6.54 Å². The van der Waals surface area contributed by atoms with Gasteiger partial charge in [0.1, 0.15) is 5.69 Å². The number of halogens is 3. The maximum atomic E-state index is 12.5. The van der Waals surface area contributed by atoms with E-state index in [0.29, 0.717) is 29.6 Å². The summed E-state index contributed by atoms with van der Waals surface area (Å²) in [6.45, 7) is 0.396. The van der Waals surface area contributed by atoms with Crippen LogP contribution in [0.5, 0.6) is 0 Å². The van der Waals surface area contributed by atoms with E-state index in [9.17, 15) is 13.2 Å². The third-order valence-corrected chi connectivity index (χ3v) is 2.37. The zero-order chi connectivity index (χ0) is 12.5. The maximum Gasteiger partial charge on any atom is 0.433 e. The van der Waals surface area contributed by atoms with Gasteiger partial charge in [-0.25, -0.2) is 4.98 Å². The second-order valence-electron chi connectivity index (χ2n) is 3.56. The van der Waals surface area contributed by atoms with Crippen LogP contribution in [0, 0.1) is 0 Å². The van der Waals surface area contributed by atoms with Crippen LogP contribution in [0.25, 0.3) is 10.9 Å². The molecule has 2 aromatic heterocycles. The third kappa shape index (κ3) is 2.36. The average Bonchev–Trinajstić information content (AvgIpc) is 2.28. The Balaban J connectivity index is 2.57. The standard InChI is InChI=1S/C11H10F3N3/c12-11(13,14)10-2-1-7-8(3-5-15)16-6-4-9(7)17-10/h1-2,4,6H,3,5,15H2. The quantitative estimate of drug-likeness (QED) is 0.876. The molecule has 2 heterocycles. The van der Waals surface area contributed by atoms with Crippen LogP contribution in [0.4, 0.5) is 13.2 Å². The fourth-order valence-corrected chi connectivity index (χ4v) is 1.61. The number of nitrogens with two attached hydrogens (primary N) is 1. The predicted molar refractivity (Wildman–Crippen MR) is 57.3 cm³/mol. The maximum absolute atomic E-state index is 12.5. The van der Waals surface area contributed by atoms with E-state index in [2.05, 4.69) is 9.97 Å². The summed E-state index contributed by atoms with van der Waals surface area (Å²) in [5.41, 5.74) is 5.48. The van der Waals surface area contributed by atoms with Crippen molar-refractivity contribution in [1.29, 1.82) is 0 Å². The molecule has 6 heteroatoms. The average molecular weight is 241 g/mol. The predicted octanol–water partition coefficient (Wildman–Crippen LogP) is 2.15. The monoisotopic (exact) mass is 241 g/mol. The molecule has 0 spiro atoms. The van der Waals surface area contributed by atoms with Crippen molar-refractivity contribution in [3.63, 3.8) is 0 Å². The molecule has 2 N–H and O–H groups in total. The normalized spacial score (nSPS) is 12.0. The van der Waals surface area contributed by atoms with Crippen LogP contribution in [0.15, 0.2) is 24.4 Å². The van der Waals surface area contributed by atoms with Crippen molar-refractivity contribution in [1.82, 2.24) is 9.97 Å². The molecule has 0 saturated carbocycles. The molecule has 0 fully saturated rings. The summed E-state index contributed by atoms with van der Waals surface area (Å²) in [5, 5.41) is 0.617. The topological polar surface area (TPSA) is 51.8 Å². The highest BCUT2D eigenvalue weighted by molar-refractivity contribution is 5.80. The first-order chi connectivity index (χ1) is 8.02. The van der Waals surface area contributed by atoms with Crippen molar-refractivity contribution < 1.29 is 13.2 Å². The Labute approximate surface area is 95.5 Å². The summed E-state index contributed by atoms with van der Waals surface area (Å²) in [4.78, 5) is 7.67. The van der Waals surface area contributed by atoms with Crippen molar-refractivity contribution >= 4 is 10.9 Å². The van der Waals surface area contributed by atoms with Gasteiger partial charge >= 0.3 is 6.18 Å². The highest BCUT2D eigenvalue weighted by atomic mass is 19.4. The van der Waals surface area contributed by atoms with Crippen LogP contribution >= 0.6 is 0 Å². The van der Waals surface area contributed by atoms with E-state index >= 15 is 0 Å². The highest BCUT2D eigenvalue weighted by Crippen LogP contribution is 2.29. The molecule has 0 aromatic carbocycles. The molecule has 0 amide bonds. The van der Waals surface area contributed by atoms with Crippen molar-refractivity contribution in [3.8, 4) is 0 Å². The highest BCUT2D eigenvalue weighted by Gasteiger charge is 2.32. The number of fused-ring (bicyclic) bond motifs is 1. The van der Waals surface area contributed by atoms with Gasteiger partial charge in [-0.15, -0.1) is 0 Å². The molecule has 0 radical (unpaired) electrons. The van der Waals surface area contributed by atoms with E-state index in [0.717, 1.165) is 6.07 Å². The van der Waals surface area contributed by atoms with Gasteiger partial charge in [0.05, 0.1) is 11.2 Å². The van der Waals surface area contributed by atoms with Crippen LogP contribution < -0.4 is 5.73 Å². The molecule has 90 valence electrons. The fraction of sp³-hybridized carbons (Fsp3) is 0.273. The Morgan fingerprint density at radius 3 is 2.59 bits per heavy atom. The molecule has 3 nitrogen and oxygen atoms in total. The molecule has 0 saturated heterocycles. The molecule has 0 unspecified atom stereocenters. The Bertz CT molecular complexity index is 537. The van der Waals surface area contributed by atoms with E-state index in [1.54, 1.807) is 0 Å². The van der Waals surface area contributed by atoms with E-state index in [1.165, 1.54) is 18.3 Å². The van der Waals surface area contributed by atoms with Crippen LogP contribution in [0.2, 0.25) is 0 Å².